The van der Waals surface area contributed by atoms with Crippen LogP contribution in [0.25, 0.3) is 65.6 Å². The first kappa shape index (κ1) is 16.7. The minimum absolute atomic E-state index is 0.932. The van der Waals surface area contributed by atoms with Gasteiger partial charge in [-0.25, -0.2) is 0 Å². The molecule has 146 valence electrons. The molecule has 2 aromatic heterocycles. The molecule has 0 saturated heterocycles. The van der Waals surface area contributed by atoms with E-state index in [-0.39, 0.29) is 0 Å². The number of rotatable bonds is 1. The highest BCUT2D eigenvalue weighted by molar-refractivity contribution is 6.18. The van der Waals surface area contributed by atoms with Gasteiger partial charge in [-0.05, 0) is 58.3 Å². The average Bonchev–Trinajstić information content (AvgIpc) is 3.32. The minimum Gasteiger partial charge on any atom is -0.456 e. The Morgan fingerprint density at radius 3 is 2.26 bits per heavy atom. The Kier molecular flexibility index (Phi) is 3.23. The van der Waals surface area contributed by atoms with E-state index in [2.05, 4.69) is 96.5 Å². The van der Waals surface area contributed by atoms with Crippen molar-refractivity contribution in [3.05, 3.63) is 97.1 Å². The summed E-state index contributed by atoms with van der Waals surface area (Å²) >= 11 is 0. The monoisotopic (exact) mass is 397 g/mol. The van der Waals surface area contributed by atoms with E-state index >= 15 is 0 Å². The summed E-state index contributed by atoms with van der Waals surface area (Å²) in [5.74, 6) is 0. The molecule has 0 saturated carbocycles. The number of para-hydroxylation sites is 1. The number of benzene rings is 5. The maximum Gasteiger partial charge on any atom is 0.136 e. The summed E-state index contributed by atoms with van der Waals surface area (Å²) in [5, 5.41) is 7.45. The van der Waals surface area contributed by atoms with Crippen LogP contribution in [0.5, 0.6) is 0 Å². The van der Waals surface area contributed by atoms with Crippen LogP contribution in [-0.2, 0) is 7.05 Å². The van der Waals surface area contributed by atoms with Gasteiger partial charge in [-0.3, -0.25) is 0 Å². The summed E-state index contributed by atoms with van der Waals surface area (Å²) in [6.07, 6.45) is 0. The molecule has 0 aliphatic rings. The second kappa shape index (κ2) is 5.99. The van der Waals surface area contributed by atoms with Crippen LogP contribution in [0.3, 0.4) is 0 Å². The van der Waals surface area contributed by atoms with E-state index < -0.39 is 0 Å². The van der Waals surface area contributed by atoms with E-state index in [1.165, 1.54) is 49.1 Å². The van der Waals surface area contributed by atoms with Gasteiger partial charge in [0.25, 0.3) is 0 Å². The molecule has 2 heterocycles. The molecule has 5 aromatic carbocycles. The van der Waals surface area contributed by atoms with Gasteiger partial charge in [0.2, 0.25) is 0 Å². The molecule has 0 amide bonds. The molecule has 0 aliphatic heterocycles. The van der Waals surface area contributed by atoms with Crippen LogP contribution in [-0.4, -0.2) is 4.57 Å². The van der Waals surface area contributed by atoms with Crippen molar-refractivity contribution in [1.82, 2.24) is 4.57 Å². The number of aromatic nitrogens is 1. The van der Waals surface area contributed by atoms with Gasteiger partial charge in [-0.1, -0.05) is 60.7 Å². The normalized spacial score (nSPS) is 12.0. The lowest BCUT2D eigenvalue weighted by Gasteiger charge is -2.06. The molecule has 0 fully saturated rings. The third kappa shape index (κ3) is 2.27. The fourth-order valence-corrected chi connectivity index (χ4v) is 5.07. The summed E-state index contributed by atoms with van der Waals surface area (Å²) in [5.41, 5.74) is 6.78. The number of aryl methyl sites for hydroxylation is 1. The maximum absolute atomic E-state index is 6.17. The van der Waals surface area contributed by atoms with Crippen LogP contribution in [0.4, 0.5) is 0 Å². The molecule has 7 aromatic rings. The van der Waals surface area contributed by atoms with Crippen molar-refractivity contribution in [2.75, 3.05) is 0 Å². The van der Waals surface area contributed by atoms with Crippen molar-refractivity contribution in [3.8, 4) is 11.1 Å². The Morgan fingerprint density at radius 2 is 1.35 bits per heavy atom. The molecule has 2 heteroatoms. The highest BCUT2D eigenvalue weighted by Gasteiger charge is 2.15. The minimum atomic E-state index is 0.932. The smallest absolute Gasteiger partial charge is 0.136 e. The summed E-state index contributed by atoms with van der Waals surface area (Å²) in [7, 11) is 2.16. The van der Waals surface area contributed by atoms with Crippen LogP contribution in [0.1, 0.15) is 0 Å². The lowest BCUT2D eigenvalue weighted by molar-refractivity contribution is 0.669. The Morgan fingerprint density at radius 1 is 0.581 bits per heavy atom. The molecule has 0 radical (unpaired) electrons. The first-order valence-electron chi connectivity index (χ1n) is 10.6. The van der Waals surface area contributed by atoms with Crippen molar-refractivity contribution in [3.63, 3.8) is 0 Å². The zero-order valence-electron chi connectivity index (χ0n) is 17.1. The Balaban J connectivity index is 1.57. The van der Waals surface area contributed by atoms with Gasteiger partial charge in [0, 0.05) is 39.6 Å². The zero-order chi connectivity index (χ0) is 20.5. The molecular formula is C29H19NO. The Labute approximate surface area is 178 Å². The molecule has 0 spiro atoms. The number of fused-ring (bicyclic) bond motifs is 7. The number of furan rings is 1. The van der Waals surface area contributed by atoms with Gasteiger partial charge in [-0.15, -0.1) is 0 Å². The van der Waals surface area contributed by atoms with E-state index in [1.54, 1.807) is 0 Å². The predicted octanol–water partition coefficient (Wildman–Crippen LogP) is 8.05. The number of nitrogens with zero attached hydrogens (tertiary/aromatic N) is 1. The molecular weight excluding hydrogens is 378 g/mol. The van der Waals surface area contributed by atoms with Gasteiger partial charge in [0.1, 0.15) is 11.2 Å². The van der Waals surface area contributed by atoms with E-state index in [0.29, 0.717) is 0 Å². The SMILES string of the molecule is Cn1c2cc3ccccc3cc2c2c(-c3ccc4c(c3)oc3ccccc34)cccc21. The second-order valence-electron chi connectivity index (χ2n) is 8.28. The van der Waals surface area contributed by atoms with Crippen molar-refractivity contribution in [2.45, 2.75) is 0 Å². The molecule has 0 N–H and O–H groups in total. The van der Waals surface area contributed by atoms with Crippen LogP contribution in [0, 0.1) is 0 Å². The molecule has 0 aliphatic carbocycles. The topological polar surface area (TPSA) is 18.1 Å². The van der Waals surface area contributed by atoms with Gasteiger partial charge < -0.3 is 8.98 Å². The summed E-state index contributed by atoms with van der Waals surface area (Å²) in [6, 6.07) is 34.6. The van der Waals surface area contributed by atoms with Gasteiger partial charge >= 0.3 is 0 Å². The van der Waals surface area contributed by atoms with Crippen LogP contribution < -0.4 is 0 Å². The summed E-state index contributed by atoms with van der Waals surface area (Å²) in [4.78, 5) is 0. The van der Waals surface area contributed by atoms with Crippen molar-refractivity contribution in [2.24, 2.45) is 7.05 Å². The van der Waals surface area contributed by atoms with Gasteiger partial charge in [0.15, 0.2) is 0 Å². The summed E-state index contributed by atoms with van der Waals surface area (Å²) < 4.78 is 8.48. The standard InChI is InChI=1S/C29H19NO/c1-30-25-11-6-10-21(29(25)24-15-18-7-2-3-8-19(18)16-26(24)30)20-13-14-23-22-9-4-5-12-27(22)31-28(23)17-20/h2-17H,1H3. The zero-order valence-corrected chi connectivity index (χ0v) is 17.1. The third-order valence-electron chi connectivity index (χ3n) is 6.59. The van der Waals surface area contributed by atoms with Crippen molar-refractivity contribution < 1.29 is 4.42 Å². The van der Waals surface area contributed by atoms with Crippen molar-refractivity contribution >= 4 is 54.5 Å². The maximum atomic E-state index is 6.17. The highest BCUT2D eigenvalue weighted by Crippen LogP contribution is 2.39. The van der Waals surface area contributed by atoms with E-state index in [4.69, 9.17) is 4.42 Å². The van der Waals surface area contributed by atoms with Crippen LogP contribution in [0.2, 0.25) is 0 Å². The number of hydrogen-bond donors (Lipinski definition) is 0. The molecule has 2 nitrogen and oxygen atoms in total. The molecule has 0 atom stereocenters. The van der Waals surface area contributed by atoms with Gasteiger partial charge in [-0.2, -0.15) is 0 Å². The highest BCUT2D eigenvalue weighted by atomic mass is 16.3. The fraction of sp³-hybridized carbons (Fsp3) is 0.0345. The van der Waals surface area contributed by atoms with Crippen LogP contribution >= 0.6 is 0 Å². The number of hydrogen-bond acceptors (Lipinski definition) is 1. The first-order valence-corrected chi connectivity index (χ1v) is 10.6. The lowest BCUT2D eigenvalue weighted by atomic mass is 9.97. The lowest BCUT2D eigenvalue weighted by Crippen LogP contribution is -1.86. The Bertz CT molecular complexity index is 1800. The average molecular weight is 397 g/mol. The summed E-state index contributed by atoms with van der Waals surface area (Å²) in [6.45, 7) is 0. The largest absolute Gasteiger partial charge is 0.456 e. The van der Waals surface area contributed by atoms with Crippen molar-refractivity contribution in [1.29, 1.82) is 0 Å². The third-order valence-corrected chi connectivity index (χ3v) is 6.59. The van der Waals surface area contributed by atoms with E-state index in [9.17, 15) is 0 Å². The van der Waals surface area contributed by atoms with Gasteiger partial charge in [0.05, 0.1) is 0 Å². The fourth-order valence-electron chi connectivity index (χ4n) is 5.07. The Hall–Kier alpha value is -4.04. The van der Waals surface area contributed by atoms with Crippen LogP contribution in [0.15, 0.2) is 101 Å². The molecule has 7 rings (SSSR count). The molecule has 31 heavy (non-hydrogen) atoms. The molecule has 0 bridgehead atoms. The quantitative estimate of drug-likeness (QED) is 0.274. The van der Waals surface area contributed by atoms with E-state index in [1.807, 2.05) is 12.1 Å². The second-order valence-corrected chi connectivity index (χ2v) is 8.28. The molecule has 0 unspecified atom stereocenters. The van der Waals surface area contributed by atoms with E-state index in [0.717, 1.165) is 16.6 Å². The first-order chi connectivity index (χ1) is 15.3. The predicted molar refractivity (Wildman–Crippen MR) is 131 cm³/mol.